The van der Waals surface area contributed by atoms with Crippen molar-refractivity contribution in [1.82, 2.24) is 5.32 Å². The van der Waals surface area contributed by atoms with Gasteiger partial charge in [0, 0.05) is 27.9 Å². The van der Waals surface area contributed by atoms with E-state index in [-0.39, 0.29) is 27.8 Å². The summed E-state index contributed by atoms with van der Waals surface area (Å²) in [5.41, 5.74) is 0.746. The number of primary sulfonamides is 1. The van der Waals surface area contributed by atoms with Crippen LogP contribution in [0.5, 0.6) is 0 Å². The van der Waals surface area contributed by atoms with E-state index in [1.165, 1.54) is 60.3 Å². The molecule has 0 radical (unpaired) electrons. The molecule has 3 amide bonds. The van der Waals surface area contributed by atoms with Crippen molar-refractivity contribution in [3.8, 4) is 0 Å². The number of thioether (sulfide) groups is 1. The second-order valence-corrected chi connectivity index (χ2v) is 12.5. The number of nitro groups is 1. The minimum absolute atomic E-state index is 0.0716. The Labute approximate surface area is 262 Å². The summed E-state index contributed by atoms with van der Waals surface area (Å²) in [7, 11) is -3.85. The Bertz CT molecular complexity index is 1860. The number of para-hydroxylation sites is 1. The minimum Gasteiger partial charge on any atom is -0.325 e. The van der Waals surface area contributed by atoms with Crippen molar-refractivity contribution in [2.45, 2.75) is 22.0 Å². The Balaban J connectivity index is 1.45. The van der Waals surface area contributed by atoms with Crippen LogP contribution < -0.4 is 21.1 Å². The first kappa shape index (κ1) is 32.6. The molecule has 5 N–H and O–H groups in total. The highest BCUT2D eigenvalue weighted by Crippen LogP contribution is 2.26. The Morgan fingerprint density at radius 1 is 0.844 bits per heavy atom. The summed E-state index contributed by atoms with van der Waals surface area (Å²) >= 11 is 1.25. The number of nitrogens with zero attached hydrogens (tertiary/aromatic N) is 1. The molecule has 0 bridgehead atoms. The van der Waals surface area contributed by atoms with Gasteiger partial charge < -0.3 is 16.0 Å². The molecule has 0 spiro atoms. The van der Waals surface area contributed by atoms with Crippen molar-refractivity contribution >= 4 is 62.6 Å². The molecule has 0 heterocycles. The van der Waals surface area contributed by atoms with Crippen molar-refractivity contribution in [3.63, 3.8) is 0 Å². The number of nitro benzene ring substituents is 1. The predicted octanol–water partition coefficient (Wildman–Crippen LogP) is 4.77. The molecule has 12 nitrogen and oxygen atoms in total. The highest BCUT2D eigenvalue weighted by molar-refractivity contribution is 8.00. The van der Waals surface area contributed by atoms with Gasteiger partial charge in [0.15, 0.2) is 0 Å². The standard InChI is InChI=1S/C31H27N5O7S2/c1-20(29(37)33-24-13-17-26(18-14-24)45(32,42)43)44-25-15-11-23(12-16-25)34-31(39)27(35-30(38)21-7-3-2-4-8-21)19-22-9-5-6-10-28(22)36(40)41/h2-20H,1H3,(H,33,37)(H,34,39)(H,35,38)(H2,32,42,43)/b27-19-. The van der Waals surface area contributed by atoms with Gasteiger partial charge in [-0.3, -0.25) is 24.5 Å². The largest absolute Gasteiger partial charge is 0.325 e. The molecule has 0 saturated heterocycles. The number of nitrogens with two attached hydrogens (primary N) is 1. The first-order valence-electron chi connectivity index (χ1n) is 13.2. The molecule has 1 unspecified atom stereocenters. The van der Waals surface area contributed by atoms with E-state index < -0.39 is 32.0 Å². The average molecular weight is 646 g/mol. The molecule has 14 heteroatoms. The lowest BCUT2D eigenvalue weighted by molar-refractivity contribution is -0.385. The van der Waals surface area contributed by atoms with Gasteiger partial charge in [-0.15, -0.1) is 11.8 Å². The van der Waals surface area contributed by atoms with E-state index in [0.29, 0.717) is 21.8 Å². The molecule has 0 aromatic heterocycles. The summed E-state index contributed by atoms with van der Waals surface area (Å²) in [5, 5.41) is 24.0. The molecule has 1 atom stereocenters. The molecule has 0 aliphatic heterocycles. The Kier molecular flexibility index (Phi) is 10.5. The van der Waals surface area contributed by atoms with Crippen LogP contribution in [0.25, 0.3) is 6.08 Å². The molecule has 0 aliphatic rings. The normalized spacial score (nSPS) is 12.1. The van der Waals surface area contributed by atoms with Crippen LogP contribution in [0.4, 0.5) is 17.1 Å². The number of anilines is 2. The van der Waals surface area contributed by atoms with Crippen molar-refractivity contribution in [2.24, 2.45) is 5.14 Å². The topological polar surface area (TPSA) is 191 Å². The number of rotatable bonds is 11. The van der Waals surface area contributed by atoms with E-state index in [1.807, 2.05) is 0 Å². The molecule has 45 heavy (non-hydrogen) atoms. The van der Waals surface area contributed by atoms with Gasteiger partial charge >= 0.3 is 0 Å². The van der Waals surface area contributed by atoms with Gasteiger partial charge in [-0.05, 0) is 79.7 Å². The van der Waals surface area contributed by atoms with Crippen LogP contribution in [-0.4, -0.2) is 36.3 Å². The fourth-order valence-corrected chi connectivity index (χ4v) is 5.30. The Morgan fingerprint density at radius 2 is 1.42 bits per heavy atom. The third kappa shape index (κ3) is 9.09. The molecule has 0 saturated carbocycles. The maximum Gasteiger partial charge on any atom is 0.276 e. The first-order valence-corrected chi connectivity index (χ1v) is 15.7. The second-order valence-electron chi connectivity index (χ2n) is 9.49. The summed E-state index contributed by atoms with van der Waals surface area (Å²) in [4.78, 5) is 50.4. The first-order chi connectivity index (χ1) is 21.4. The molecule has 230 valence electrons. The van der Waals surface area contributed by atoms with Crippen LogP contribution >= 0.6 is 11.8 Å². The number of carbonyl (C=O) groups is 3. The summed E-state index contributed by atoms with van der Waals surface area (Å²) in [5.74, 6) is -1.60. The van der Waals surface area contributed by atoms with E-state index in [1.54, 1.807) is 67.6 Å². The maximum absolute atomic E-state index is 13.3. The number of sulfonamides is 1. The smallest absolute Gasteiger partial charge is 0.276 e. The zero-order chi connectivity index (χ0) is 32.6. The van der Waals surface area contributed by atoms with Crippen molar-refractivity contribution in [2.75, 3.05) is 10.6 Å². The van der Waals surface area contributed by atoms with Gasteiger partial charge in [0.05, 0.1) is 20.6 Å². The van der Waals surface area contributed by atoms with Crippen molar-refractivity contribution < 1.29 is 27.7 Å². The molecule has 0 fully saturated rings. The number of hydrogen-bond donors (Lipinski definition) is 4. The van der Waals surface area contributed by atoms with E-state index in [0.717, 1.165) is 0 Å². The summed E-state index contributed by atoms with van der Waals surface area (Å²) < 4.78 is 22.8. The van der Waals surface area contributed by atoms with Crippen LogP contribution in [0.3, 0.4) is 0 Å². The van der Waals surface area contributed by atoms with Gasteiger partial charge in [-0.25, -0.2) is 13.6 Å². The molecule has 4 rings (SSSR count). The molecule has 0 aliphatic carbocycles. The van der Waals surface area contributed by atoms with Crippen LogP contribution in [0.15, 0.2) is 119 Å². The lowest BCUT2D eigenvalue weighted by Gasteiger charge is -2.14. The summed E-state index contributed by atoms with van der Waals surface area (Å²) in [6.45, 7) is 1.70. The van der Waals surface area contributed by atoms with E-state index in [4.69, 9.17) is 5.14 Å². The van der Waals surface area contributed by atoms with Gasteiger partial charge in [-0.2, -0.15) is 0 Å². The van der Waals surface area contributed by atoms with Crippen LogP contribution in [0.1, 0.15) is 22.8 Å². The Hall–Kier alpha value is -5.31. The highest BCUT2D eigenvalue weighted by atomic mass is 32.2. The van der Waals surface area contributed by atoms with Crippen LogP contribution in [0, 0.1) is 10.1 Å². The molecular formula is C31H27N5O7S2. The van der Waals surface area contributed by atoms with E-state index in [2.05, 4.69) is 16.0 Å². The van der Waals surface area contributed by atoms with Gasteiger partial charge in [0.1, 0.15) is 5.70 Å². The predicted molar refractivity (Wildman–Crippen MR) is 172 cm³/mol. The minimum atomic E-state index is -3.85. The lowest BCUT2D eigenvalue weighted by Crippen LogP contribution is -2.30. The fraction of sp³-hybridized carbons (Fsp3) is 0.0645. The number of nitrogens with one attached hydrogen (secondary N) is 3. The third-order valence-electron chi connectivity index (χ3n) is 6.21. The van der Waals surface area contributed by atoms with Crippen LogP contribution in [-0.2, 0) is 19.6 Å². The number of amides is 3. The monoisotopic (exact) mass is 645 g/mol. The number of benzene rings is 4. The molecular weight excluding hydrogens is 619 g/mol. The zero-order valence-corrected chi connectivity index (χ0v) is 25.3. The van der Waals surface area contributed by atoms with Crippen molar-refractivity contribution in [1.29, 1.82) is 0 Å². The van der Waals surface area contributed by atoms with Crippen molar-refractivity contribution in [3.05, 3.63) is 130 Å². The summed E-state index contributed by atoms with van der Waals surface area (Å²) in [6.07, 6.45) is 1.24. The zero-order valence-electron chi connectivity index (χ0n) is 23.7. The molecule has 4 aromatic rings. The van der Waals surface area contributed by atoms with Gasteiger partial charge in [-0.1, -0.05) is 30.3 Å². The van der Waals surface area contributed by atoms with Gasteiger partial charge in [0.2, 0.25) is 15.9 Å². The maximum atomic E-state index is 13.3. The van der Waals surface area contributed by atoms with Crippen LogP contribution in [0.2, 0.25) is 0 Å². The number of hydrogen-bond acceptors (Lipinski definition) is 8. The quantitative estimate of drug-likeness (QED) is 0.0776. The average Bonchev–Trinajstić information content (AvgIpc) is 3.02. The second kappa shape index (κ2) is 14.4. The van der Waals surface area contributed by atoms with E-state index in [9.17, 15) is 32.9 Å². The fourth-order valence-electron chi connectivity index (χ4n) is 3.92. The lowest BCUT2D eigenvalue weighted by atomic mass is 10.1. The molecule has 4 aromatic carbocycles. The SMILES string of the molecule is CC(Sc1ccc(NC(=O)/C(=C/c2ccccc2[N+](=O)[O-])NC(=O)c2ccccc2)cc1)C(=O)Nc1ccc(S(N)(=O)=O)cc1. The Morgan fingerprint density at radius 3 is 2.04 bits per heavy atom. The summed E-state index contributed by atoms with van der Waals surface area (Å²) in [6, 6.07) is 26.1. The highest BCUT2D eigenvalue weighted by Gasteiger charge is 2.19. The third-order valence-corrected chi connectivity index (χ3v) is 8.25. The number of carbonyl (C=O) groups excluding carboxylic acids is 3. The van der Waals surface area contributed by atoms with Gasteiger partial charge in [0.25, 0.3) is 17.5 Å². The van der Waals surface area contributed by atoms with E-state index >= 15 is 0 Å².